The molecule has 4 aliphatic rings. The van der Waals surface area contributed by atoms with Gasteiger partial charge in [-0.25, -0.2) is 0 Å². The Labute approximate surface area is 421 Å². The summed E-state index contributed by atoms with van der Waals surface area (Å²) in [5, 5.41) is 6.65. The third kappa shape index (κ3) is 4.80. The molecule has 0 saturated heterocycles. The van der Waals surface area contributed by atoms with E-state index in [1.807, 2.05) is 0 Å². The molecule has 3 heteroatoms. The number of fused-ring (bicyclic) bond motifs is 26. The summed E-state index contributed by atoms with van der Waals surface area (Å²) in [5.41, 5.74) is 21.2. The quantitative estimate of drug-likeness (QED) is 0.177. The fraction of sp³-hybridized carbons (Fsp3) is 0.0286. The second-order valence-corrected chi connectivity index (χ2v) is 20.1. The zero-order valence-electron chi connectivity index (χ0n) is 39.4. The highest BCUT2D eigenvalue weighted by Crippen LogP contribution is 2.67. The Morgan fingerprint density at radius 1 is 0.301 bits per heavy atom. The number of rotatable bonds is 3. The highest BCUT2D eigenvalue weighted by Gasteiger charge is 2.54. The Kier molecular flexibility index (Phi) is 7.60. The maximum Gasteiger partial charge on any atom is 0.140 e. The van der Waals surface area contributed by atoms with Crippen LogP contribution in [0.2, 0.25) is 0 Å². The van der Waals surface area contributed by atoms with Crippen LogP contribution >= 0.6 is 0 Å². The summed E-state index contributed by atoms with van der Waals surface area (Å²) in [6.07, 6.45) is 0. The minimum Gasteiger partial charge on any atom is -0.456 e. The van der Waals surface area contributed by atoms with E-state index in [1.54, 1.807) is 0 Å². The number of para-hydroxylation sites is 1. The molecule has 17 rings (SSSR count). The lowest BCUT2D eigenvalue weighted by Gasteiger charge is -2.40. The van der Waals surface area contributed by atoms with Crippen molar-refractivity contribution in [2.75, 3.05) is 4.90 Å². The molecule has 73 heavy (non-hydrogen) atoms. The van der Waals surface area contributed by atoms with Gasteiger partial charge in [-0.1, -0.05) is 212 Å². The molecule has 1 aromatic heterocycles. The van der Waals surface area contributed by atoms with Crippen molar-refractivity contribution in [1.29, 1.82) is 0 Å². The lowest BCUT2D eigenvalue weighted by Crippen LogP contribution is -2.32. The lowest BCUT2D eigenvalue weighted by molar-refractivity contribution is 0.447. The van der Waals surface area contributed by atoms with Crippen molar-refractivity contribution < 1.29 is 9.15 Å². The number of hydrogen-bond acceptors (Lipinski definition) is 3. The van der Waals surface area contributed by atoms with E-state index in [2.05, 4.69) is 254 Å². The largest absolute Gasteiger partial charge is 0.456 e. The number of anilines is 3. The van der Waals surface area contributed by atoms with Crippen LogP contribution in [0.4, 0.5) is 17.1 Å². The smallest absolute Gasteiger partial charge is 0.140 e. The van der Waals surface area contributed by atoms with Gasteiger partial charge >= 0.3 is 0 Å². The summed E-state index contributed by atoms with van der Waals surface area (Å²) in [7, 11) is 0. The summed E-state index contributed by atoms with van der Waals surface area (Å²) in [6, 6.07) is 92.2. The first kappa shape index (κ1) is 39.3. The van der Waals surface area contributed by atoms with Crippen LogP contribution in [-0.2, 0) is 10.8 Å². The van der Waals surface area contributed by atoms with Crippen molar-refractivity contribution in [2.24, 2.45) is 0 Å². The van der Waals surface area contributed by atoms with Crippen molar-refractivity contribution in [3.8, 4) is 44.9 Å². The predicted octanol–water partition coefficient (Wildman–Crippen LogP) is 18.2. The Bertz CT molecular complexity index is 4440. The van der Waals surface area contributed by atoms with Gasteiger partial charge in [-0.15, -0.1) is 0 Å². The van der Waals surface area contributed by atoms with Gasteiger partial charge in [-0.05, 0) is 108 Å². The van der Waals surface area contributed by atoms with Gasteiger partial charge in [-0.3, -0.25) is 0 Å². The van der Waals surface area contributed by atoms with E-state index in [9.17, 15) is 0 Å². The van der Waals surface area contributed by atoms with Crippen LogP contribution in [0.3, 0.4) is 0 Å². The molecule has 338 valence electrons. The maximum atomic E-state index is 7.38. The standard InChI is InChI=1S/C70H41NO2/c1-3-19-45-42(17-1)35-39-58-67(45)73-68-46-20-4-2-18-43(46)36-40-59(68)70(58)55-28-12-7-23-49(55)50-38-37-44(41-60(50)70)71(62-32-16-34-64-66(62)52-25-9-14-33-63(52)72-64)61-31-15-30-57-65(61)51-24-8-13-29-56(51)69(57)53-26-10-5-21-47(53)48-22-6-11-27-54(48)69/h1-41H. The van der Waals surface area contributed by atoms with Crippen molar-refractivity contribution in [3.63, 3.8) is 0 Å². The van der Waals surface area contributed by atoms with E-state index in [0.29, 0.717) is 0 Å². The van der Waals surface area contributed by atoms with E-state index in [4.69, 9.17) is 9.15 Å². The molecule has 0 unspecified atom stereocenters. The summed E-state index contributed by atoms with van der Waals surface area (Å²) in [5.74, 6) is 1.81. The van der Waals surface area contributed by atoms with Crippen LogP contribution in [-0.4, -0.2) is 0 Å². The van der Waals surface area contributed by atoms with E-state index in [-0.39, 0.29) is 0 Å². The second kappa shape index (κ2) is 14.1. The van der Waals surface area contributed by atoms with Gasteiger partial charge in [0, 0.05) is 38.5 Å². The first-order valence-corrected chi connectivity index (χ1v) is 25.3. The monoisotopic (exact) mass is 927 g/mol. The summed E-state index contributed by atoms with van der Waals surface area (Å²) in [6.45, 7) is 0. The van der Waals surface area contributed by atoms with Crippen molar-refractivity contribution in [3.05, 3.63) is 293 Å². The second-order valence-electron chi connectivity index (χ2n) is 20.1. The van der Waals surface area contributed by atoms with Gasteiger partial charge in [0.2, 0.25) is 0 Å². The first-order valence-electron chi connectivity index (χ1n) is 25.3. The average molecular weight is 928 g/mol. The molecular weight excluding hydrogens is 887 g/mol. The number of furan rings is 1. The van der Waals surface area contributed by atoms with Crippen LogP contribution < -0.4 is 9.64 Å². The van der Waals surface area contributed by atoms with Gasteiger partial charge in [0.1, 0.15) is 22.7 Å². The van der Waals surface area contributed by atoms with Crippen LogP contribution in [0, 0.1) is 0 Å². The Morgan fingerprint density at radius 3 is 1.41 bits per heavy atom. The number of benzene rings is 12. The van der Waals surface area contributed by atoms with E-state index >= 15 is 0 Å². The molecule has 0 bridgehead atoms. The zero-order chi connectivity index (χ0) is 47.6. The van der Waals surface area contributed by atoms with Crippen LogP contribution in [0.25, 0.3) is 76.9 Å². The summed E-state index contributed by atoms with van der Waals surface area (Å²) in [4.78, 5) is 2.55. The zero-order valence-corrected chi connectivity index (χ0v) is 39.4. The first-order chi connectivity index (χ1) is 36.2. The van der Waals surface area contributed by atoms with Gasteiger partial charge in [0.05, 0.1) is 27.6 Å². The van der Waals surface area contributed by atoms with Gasteiger partial charge in [0.25, 0.3) is 0 Å². The number of hydrogen-bond donors (Lipinski definition) is 0. The van der Waals surface area contributed by atoms with Crippen molar-refractivity contribution in [2.45, 2.75) is 10.8 Å². The molecule has 2 heterocycles. The number of nitrogens with zero attached hydrogens (tertiary/aromatic N) is 1. The number of ether oxygens (including phenoxy) is 1. The molecule has 2 spiro atoms. The van der Waals surface area contributed by atoms with Crippen LogP contribution in [0.5, 0.6) is 11.5 Å². The summed E-state index contributed by atoms with van der Waals surface area (Å²) < 4.78 is 14.1. The lowest BCUT2D eigenvalue weighted by atomic mass is 9.65. The molecule has 0 atom stereocenters. The average Bonchev–Trinajstić information content (AvgIpc) is 4.18. The molecule has 0 radical (unpaired) electrons. The SMILES string of the molecule is c1ccc2c(c1)-c1ccccc1C21c2ccccc2-c2c(N(c3ccc4c(c3)C3(c5ccccc5-4)c4ccc5ccccc5c4Oc4c3ccc3ccccc43)c3cccc4oc5ccccc5c34)cccc21. The minimum absolute atomic E-state index is 0.514. The van der Waals surface area contributed by atoms with E-state index < -0.39 is 10.8 Å². The minimum atomic E-state index is -0.731. The van der Waals surface area contributed by atoms with E-state index in [1.165, 1.54) is 66.8 Å². The summed E-state index contributed by atoms with van der Waals surface area (Å²) >= 11 is 0. The van der Waals surface area contributed by atoms with E-state index in [0.717, 1.165) is 83.2 Å². The topological polar surface area (TPSA) is 25.6 Å². The van der Waals surface area contributed by atoms with Crippen molar-refractivity contribution >= 4 is 60.5 Å². The molecule has 3 nitrogen and oxygen atoms in total. The molecule has 1 aliphatic heterocycles. The fourth-order valence-electron chi connectivity index (χ4n) is 14.2. The molecule has 0 N–H and O–H groups in total. The molecule has 13 aromatic rings. The Hall–Kier alpha value is -9.44. The molecular formula is C70H41NO2. The predicted molar refractivity (Wildman–Crippen MR) is 297 cm³/mol. The van der Waals surface area contributed by atoms with Crippen LogP contribution in [0.15, 0.2) is 253 Å². The third-order valence-electron chi connectivity index (χ3n) is 16.9. The fourth-order valence-corrected chi connectivity index (χ4v) is 14.2. The molecule has 0 saturated carbocycles. The highest BCUT2D eigenvalue weighted by atomic mass is 16.5. The molecule has 0 amide bonds. The van der Waals surface area contributed by atoms with Gasteiger partial charge in [-0.2, -0.15) is 0 Å². The van der Waals surface area contributed by atoms with Crippen LogP contribution in [0.1, 0.15) is 44.5 Å². The Morgan fingerprint density at radius 2 is 0.767 bits per heavy atom. The van der Waals surface area contributed by atoms with Crippen molar-refractivity contribution in [1.82, 2.24) is 0 Å². The maximum absolute atomic E-state index is 7.38. The molecule has 3 aliphatic carbocycles. The molecule has 12 aromatic carbocycles. The Balaban J connectivity index is 1.01. The molecule has 0 fully saturated rings. The van der Waals surface area contributed by atoms with Gasteiger partial charge < -0.3 is 14.1 Å². The van der Waals surface area contributed by atoms with Gasteiger partial charge in [0.15, 0.2) is 0 Å². The third-order valence-corrected chi connectivity index (χ3v) is 16.9. The highest BCUT2D eigenvalue weighted by molar-refractivity contribution is 6.15. The normalized spacial score (nSPS) is 14.4.